The quantitative estimate of drug-likeness (QED) is 0.0257. The van der Waals surface area contributed by atoms with Crippen LogP contribution in [0.5, 0.6) is 23.0 Å². The number of esters is 2. The van der Waals surface area contributed by atoms with Crippen LogP contribution in [-0.4, -0.2) is 80.6 Å². The number of benzene rings is 3. The van der Waals surface area contributed by atoms with E-state index in [1.165, 1.54) is 11.3 Å². The van der Waals surface area contributed by atoms with Crippen molar-refractivity contribution in [3.63, 3.8) is 0 Å². The summed E-state index contributed by atoms with van der Waals surface area (Å²) in [5.41, 5.74) is 0. The molecule has 53 heavy (non-hydrogen) atoms. The first kappa shape index (κ1) is 40.0. The number of thiophene rings is 1. The first-order chi connectivity index (χ1) is 26.0. The monoisotopic (exact) mass is 878 g/mol. The topological polar surface area (TPSA) is 89.5 Å². The normalized spacial score (nSPS) is 12.0. The van der Waals surface area contributed by atoms with Gasteiger partial charge in [-0.2, -0.15) is 0 Å². The standard InChI is InChI=1S/C42H54O8SSe2/c1-7-13-19-45-31-32(46-20-14-8-2)37-27-25-26(36(51-35(25)31)41(43)49-23-17-11-5)28-30-29(27)38(52-37)33(47-21-15-9-3)34(48-22-16-10-4)39(30)53-40(28)42(44)50-24-18-12-6/h7-24H2,1-6H3. The van der Waals surface area contributed by atoms with Gasteiger partial charge < -0.3 is 0 Å². The second-order valence-electron chi connectivity index (χ2n) is 13.6. The van der Waals surface area contributed by atoms with Gasteiger partial charge in [0, 0.05) is 0 Å². The first-order valence-corrected chi connectivity index (χ1v) is 24.1. The number of carbonyl (C=O) groups is 2. The number of fused-ring (bicyclic) bond motifs is 1. The Balaban J connectivity index is 1.79. The van der Waals surface area contributed by atoms with Crippen molar-refractivity contribution in [2.24, 2.45) is 0 Å². The molecule has 0 unspecified atom stereocenters. The molecule has 0 spiro atoms. The molecule has 0 atom stereocenters. The fourth-order valence-corrected chi connectivity index (χ4v) is 13.1. The Labute approximate surface area is 328 Å². The molecule has 0 saturated heterocycles. The van der Waals surface area contributed by atoms with E-state index in [-0.39, 0.29) is 26.4 Å². The third kappa shape index (κ3) is 7.76. The van der Waals surface area contributed by atoms with Gasteiger partial charge in [0.05, 0.1) is 0 Å². The van der Waals surface area contributed by atoms with E-state index >= 15 is 0 Å². The van der Waals surface area contributed by atoms with Crippen molar-refractivity contribution in [3.05, 3.63) is 9.31 Å². The number of hydrogen-bond acceptors (Lipinski definition) is 9. The Morgan fingerprint density at radius 1 is 0.453 bits per heavy atom. The molecular weight excluding hydrogens is 822 g/mol. The van der Waals surface area contributed by atoms with E-state index in [1.807, 2.05) is 0 Å². The molecule has 6 aromatic rings. The predicted octanol–water partition coefficient (Wildman–Crippen LogP) is 11.1. The van der Waals surface area contributed by atoms with Crippen molar-refractivity contribution >= 4 is 102 Å². The minimum absolute atomic E-state index is 0.226. The molecule has 0 saturated carbocycles. The van der Waals surface area contributed by atoms with Gasteiger partial charge in [0.1, 0.15) is 0 Å². The van der Waals surface area contributed by atoms with Gasteiger partial charge in [-0.25, -0.2) is 0 Å². The van der Waals surface area contributed by atoms with Crippen molar-refractivity contribution in [2.75, 3.05) is 39.6 Å². The summed E-state index contributed by atoms with van der Waals surface area (Å²) in [7, 11) is 0. The summed E-state index contributed by atoms with van der Waals surface area (Å²) >= 11 is 0.734. The zero-order chi connectivity index (χ0) is 37.5. The summed E-state index contributed by atoms with van der Waals surface area (Å²) in [6, 6.07) is 0. The Morgan fingerprint density at radius 3 is 1.36 bits per heavy atom. The van der Waals surface area contributed by atoms with E-state index in [9.17, 15) is 9.59 Å². The Kier molecular flexibility index (Phi) is 14.2. The van der Waals surface area contributed by atoms with Crippen LogP contribution in [0, 0.1) is 0 Å². The molecule has 0 aliphatic heterocycles. The van der Waals surface area contributed by atoms with Crippen molar-refractivity contribution in [2.45, 2.75) is 119 Å². The molecule has 0 amide bonds. The van der Waals surface area contributed by atoms with Gasteiger partial charge in [-0.1, -0.05) is 0 Å². The van der Waals surface area contributed by atoms with Gasteiger partial charge in [0.2, 0.25) is 0 Å². The van der Waals surface area contributed by atoms with Crippen LogP contribution in [0.2, 0.25) is 0 Å². The van der Waals surface area contributed by atoms with Gasteiger partial charge in [-0.15, -0.1) is 0 Å². The second-order valence-corrected chi connectivity index (χ2v) is 18.9. The molecule has 3 aromatic carbocycles. The summed E-state index contributed by atoms with van der Waals surface area (Å²) in [5.74, 6) is 2.35. The van der Waals surface area contributed by atoms with E-state index < -0.39 is 14.5 Å². The van der Waals surface area contributed by atoms with Gasteiger partial charge in [-0.3, -0.25) is 0 Å². The summed E-state index contributed by atoms with van der Waals surface area (Å²) in [6.45, 7) is 15.7. The molecule has 8 nitrogen and oxygen atoms in total. The fourth-order valence-electron chi connectivity index (χ4n) is 6.61. The molecule has 288 valence electrons. The van der Waals surface area contributed by atoms with Crippen LogP contribution in [0.3, 0.4) is 0 Å². The fraction of sp³-hybridized carbons (Fsp3) is 0.571. The van der Waals surface area contributed by atoms with Crippen molar-refractivity contribution in [3.8, 4) is 23.0 Å². The van der Waals surface area contributed by atoms with Crippen molar-refractivity contribution in [1.82, 2.24) is 0 Å². The average molecular weight is 877 g/mol. The molecule has 0 aliphatic carbocycles. The van der Waals surface area contributed by atoms with Crippen LogP contribution in [0.25, 0.3) is 49.8 Å². The Hall–Kier alpha value is -2.68. The maximum absolute atomic E-state index is 14.3. The zero-order valence-corrected chi connectivity index (χ0v) is 36.5. The Morgan fingerprint density at radius 2 is 0.849 bits per heavy atom. The average Bonchev–Trinajstić information content (AvgIpc) is 3.86. The molecule has 0 aliphatic rings. The SMILES string of the molecule is CCCCOC(=O)c1sc2c(OCCCC)c(OCCCC)c3[se]c4c(OCCCC)c(OCCCC)c5[se]c(C(=O)OCCCC)c6c1c2c3c4c56. The van der Waals surface area contributed by atoms with Crippen LogP contribution >= 0.6 is 11.3 Å². The van der Waals surface area contributed by atoms with Crippen LogP contribution in [0.1, 0.15) is 137 Å². The van der Waals surface area contributed by atoms with Crippen LogP contribution in [-0.2, 0) is 9.47 Å². The number of carbonyl (C=O) groups excluding carboxylic acids is 2. The second kappa shape index (κ2) is 18.8. The molecule has 0 fully saturated rings. The summed E-state index contributed by atoms with van der Waals surface area (Å²) in [4.78, 5) is 29.0. The van der Waals surface area contributed by atoms with Gasteiger partial charge in [-0.05, 0) is 0 Å². The summed E-state index contributed by atoms with van der Waals surface area (Å²) in [5, 5.41) is 5.76. The number of unbranched alkanes of at least 4 members (excludes halogenated alkanes) is 6. The molecule has 0 bridgehead atoms. The first-order valence-electron chi connectivity index (χ1n) is 19.8. The van der Waals surface area contributed by atoms with Crippen LogP contribution in [0.4, 0.5) is 0 Å². The zero-order valence-electron chi connectivity index (χ0n) is 32.2. The van der Waals surface area contributed by atoms with Gasteiger partial charge in [0.15, 0.2) is 0 Å². The number of hydrogen-bond donors (Lipinski definition) is 0. The van der Waals surface area contributed by atoms with Crippen molar-refractivity contribution in [1.29, 1.82) is 0 Å². The van der Waals surface area contributed by atoms with E-state index in [0.717, 1.165) is 144 Å². The van der Waals surface area contributed by atoms with E-state index in [1.54, 1.807) is 0 Å². The third-order valence-corrected chi connectivity index (χ3v) is 15.6. The van der Waals surface area contributed by atoms with Gasteiger partial charge >= 0.3 is 331 Å². The molecule has 3 aromatic heterocycles. The molecule has 6 rings (SSSR count). The summed E-state index contributed by atoms with van der Waals surface area (Å²) < 4.78 is 43.7. The molecule has 0 N–H and O–H groups in total. The maximum atomic E-state index is 14.3. The van der Waals surface area contributed by atoms with Crippen LogP contribution in [0.15, 0.2) is 0 Å². The molecular formula is C42H54O8SSe2. The summed E-state index contributed by atoms with van der Waals surface area (Å²) in [6.07, 6.45) is 11.1. The predicted molar refractivity (Wildman–Crippen MR) is 220 cm³/mol. The van der Waals surface area contributed by atoms with Gasteiger partial charge in [0.25, 0.3) is 0 Å². The Bertz CT molecular complexity index is 1980. The third-order valence-electron chi connectivity index (χ3n) is 9.52. The minimum atomic E-state index is -0.455. The van der Waals surface area contributed by atoms with E-state index in [0.29, 0.717) is 54.7 Å². The molecule has 0 radical (unpaired) electrons. The van der Waals surface area contributed by atoms with Crippen LogP contribution < -0.4 is 18.9 Å². The number of ether oxygens (including phenoxy) is 6. The molecule has 3 heterocycles. The van der Waals surface area contributed by atoms with E-state index in [4.69, 9.17) is 28.4 Å². The van der Waals surface area contributed by atoms with Crippen molar-refractivity contribution < 1.29 is 38.0 Å². The van der Waals surface area contributed by atoms with E-state index in [2.05, 4.69) is 41.5 Å². The number of rotatable bonds is 24. The molecule has 11 heteroatoms.